The van der Waals surface area contributed by atoms with E-state index in [0.29, 0.717) is 0 Å². The Kier molecular flexibility index (Phi) is 3.61. The SMILES string of the molecule is CCCc1c(C)c(N)c(C)c(CC)c1N. The normalized spacial score (nSPS) is 10.7. The van der Waals surface area contributed by atoms with Crippen LogP contribution in [-0.2, 0) is 12.8 Å². The Balaban J connectivity index is 3.45. The van der Waals surface area contributed by atoms with Crippen LogP contribution in [0, 0.1) is 13.8 Å². The standard InChI is InChI=1S/C13H22N2/c1-5-7-11-9(4)12(14)8(3)10(6-2)13(11)15/h5-7,14-15H2,1-4H3. The van der Waals surface area contributed by atoms with E-state index >= 15 is 0 Å². The van der Waals surface area contributed by atoms with E-state index in [1.807, 2.05) is 0 Å². The molecule has 0 heterocycles. The van der Waals surface area contributed by atoms with Crippen molar-refractivity contribution in [3.8, 4) is 0 Å². The zero-order chi connectivity index (χ0) is 11.6. The van der Waals surface area contributed by atoms with Gasteiger partial charge in [0.05, 0.1) is 0 Å². The number of anilines is 2. The van der Waals surface area contributed by atoms with Crippen LogP contribution in [0.3, 0.4) is 0 Å². The lowest BCUT2D eigenvalue weighted by atomic mass is 9.91. The summed E-state index contributed by atoms with van der Waals surface area (Å²) in [5, 5.41) is 0. The molecule has 0 aliphatic rings. The zero-order valence-electron chi connectivity index (χ0n) is 10.3. The van der Waals surface area contributed by atoms with E-state index in [9.17, 15) is 0 Å². The molecule has 0 aliphatic heterocycles. The molecule has 0 fully saturated rings. The first kappa shape index (κ1) is 11.9. The van der Waals surface area contributed by atoms with Crippen LogP contribution in [0.2, 0.25) is 0 Å². The van der Waals surface area contributed by atoms with Gasteiger partial charge in [-0.25, -0.2) is 0 Å². The topological polar surface area (TPSA) is 52.0 Å². The molecule has 0 saturated carbocycles. The van der Waals surface area contributed by atoms with Crippen LogP contribution in [0.1, 0.15) is 42.5 Å². The number of nitrogens with two attached hydrogens (primary N) is 2. The number of rotatable bonds is 3. The summed E-state index contributed by atoms with van der Waals surface area (Å²) in [6.45, 7) is 8.43. The zero-order valence-corrected chi connectivity index (χ0v) is 10.3. The van der Waals surface area contributed by atoms with Crippen molar-refractivity contribution in [3.63, 3.8) is 0 Å². The van der Waals surface area contributed by atoms with Gasteiger partial charge in [0.2, 0.25) is 0 Å². The van der Waals surface area contributed by atoms with E-state index in [0.717, 1.165) is 36.2 Å². The summed E-state index contributed by atoms with van der Waals surface area (Å²) in [5.41, 5.74) is 19.0. The molecule has 15 heavy (non-hydrogen) atoms. The van der Waals surface area contributed by atoms with Crippen molar-refractivity contribution in [2.24, 2.45) is 0 Å². The maximum absolute atomic E-state index is 6.19. The molecule has 0 bridgehead atoms. The minimum Gasteiger partial charge on any atom is -0.398 e. The third-order valence-electron chi connectivity index (χ3n) is 3.22. The van der Waals surface area contributed by atoms with Crippen LogP contribution in [0.15, 0.2) is 0 Å². The van der Waals surface area contributed by atoms with Crippen molar-refractivity contribution in [2.45, 2.75) is 47.0 Å². The van der Waals surface area contributed by atoms with Gasteiger partial charge in [0.25, 0.3) is 0 Å². The van der Waals surface area contributed by atoms with Crippen molar-refractivity contribution in [2.75, 3.05) is 11.5 Å². The van der Waals surface area contributed by atoms with Gasteiger partial charge in [-0.1, -0.05) is 20.3 Å². The summed E-state index contributed by atoms with van der Waals surface area (Å²) in [6.07, 6.45) is 3.09. The van der Waals surface area contributed by atoms with Gasteiger partial charge in [-0.3, -0.25) is 0 Å². The van der Waals surface area contributed by atoms with E-state index in [4.69, 9.17) is 11.5 Å². The van der Waals surface area contributed by atoms with Crippen molar-refractivity contribution >= 4 is 11.4 Å². The van der Waals surface area contributed by atoms with E-state index in [1.54, 1.807) is 0 Å². The summed E-state index contributed by atoms with van der Waals surface area (Å²) in [5.74, 6) is 0. The molecule has 0 amide bonds. The monoisotopic (exact) mass is 206 g/mol. The molecule has 1 aromatic carbocycles. The molecule has 4 N–H and O–H groups in total. The Hall–Kier alpha value is -1.18. The third-order valence-corrected chi connectivity index (χ3v) is 3.22. The molecule has 2 heteroatoms. The lowest BCUT2D eigenvalue weighted by molar-refractivity contribution is 0.910. The van der Waals surface area contributed by atoms with Crippen LogP contribution < -0.4 is 11.5 Å². The second kappa shape index (κ2) is 4.56. The summed E-state index contributed by atoms with van der Waals surface area (Å²) in [7, 11) is 0. The van der Waals surface area contributed by atoms with Gasteiger partial charge >= 0.3 is 0 Å². The average Bonchev–Trinajstić information content (AvgIpc) is 2.22. The lowest BCUT2D eigenvalue weighted by Gasteiger charge is -2.18. The van der Waals surface area contributed by atoms with Gasteiger partial charge in [0.1, 0.15) is 0 Å². The van der Waals surface area contributed by atoms with Gasteiger partial charge < -0.3 is 11.5 Å². The Morgan fingerprint density at radius 2 is 1.40 bits per heavy atom. The van der Waals surface area contributed by atoms with Crippen LogP contribution in [0.4, 0.5) is 11.4 Å². The van der Waals surface area contributed by atoms with Crippen LogP contribution in [0.5, 0.6) is 0 Å². The highest BCUT2D eigenvalue weighted by atomic mass is 14.6. The fourth-order valence-corrected chi connectivity index (χ4v) is 2.22. The van der Waals surface area contributed by atoms with E-state index in [1.165, 1.54) is 16.7 Å². The number of benzene rings is 1. The molecule has 0 aliphatic carbocycles. The average molecular weight is 206 g/mol. The van der Waals surface area contributed by atoms with Crippen molar-refractivity contribution < 1.29 is 0 Å². The predicted molar refractivity (Wildman–Crippen MR) is 68.1 cm³/mol. The largest absolute Gasteiger partial charge is 0.398 e. The molecule has 0 unspecified atom stereocenters. The summed E-state index contributed by atoms with van der Waals surface area (Å²) < 4.78 is 0. The second-order valence-electron chi connectivity index (χ2n) is 4.14. The fourth-order valence-electron chi connectivity index (χ4n) is 2.22. The van der Waals surface area contributed by atoms with Gasteiger partial charge in [0.15, 0.2) is 0 Å². The summed E-state index contributed by atoms with van der Waals surface area (Å²) in [6, 6.07) is 0. The van der Waals surface area contributed by atoms with Crippen LogP contribution in [0.25, 0.3) is 0 Å². The van der Waals surface area contributed by atoms with Crippen LogP contribution >= 0.6 is 0 Å². The minimum absolute atomic E-state index is 0.921. The molecular formula is C13H22N2. The first-order valence-corrected chi connectivity index (χ1v) is 5.70. The molecule has 1 aromatic rings. The Labute approximate surface area is 92.7 Å². The van der Waals surface area contributed by atoms with E-state index < -0.39 is 0 Å². The van der Waals surface area contributed by atoms with Crippen molar-refractivity contribution in [3.05, 3.63) is 22.3 Å². The molecule has 0 saturated heterocycles. The molecule has 0 radical (unpaired) electrons. The maximum Gasteiger partial charge on any atom is 0.0385 e. The molecule has 0 aromatic heterocycles. The first-order chi connectivity index (χ1) is 7.04. The highest BCUT2D eigenvalue weighted by molar-refractivity contribution is 5.70. The molecule has 2 nitrogen and oxygen atoms in total. The summed E-state index contributed by atoms with van der Waals surface area (Å²) >= 11 is 0. The highest BCUT2D eigenvalue weighted by Gasteiger charge is 2.13. The Morgan fingerprint density at radius 1 is 0.867 bits per heavy atom. The molecular weight excluding hydrogens is 184 g/mol. The second-order valence-corrected chi connectivity index (χ2v) is 4.14. The predicted octanol–water partition coefficient (Wildman–Crippen LogP) is 2.98. The van der Waals surface area contributed by atoms with Crippen molar-refractivity contribution in [1.29, 1.82) is 0 Å². The van der Waals surface area contributed by atoms with Gasteiger partial charge in [0, 0.05) is 11.4 Å². The van der Waals surface area contributed by atoms with E-state index in [-0.39, 0.29) is 0 Å². The molecule has 84 valence electrons. The molecule has 1 rings (SSSR count). The van der Waals surface area contributed by atoms with Gasteiger partial charge in [-0.2, -0.15) is 0 Å². The first-order valence-electron chi connectivity index (χ1n) is 5.70. The lowest BCUT2D eigenvalue weighted by Crippen LogP contribution is -2.08. The number of nitrogen functional groups attached to an aromatic ring is 2. The molecule has 0 atom stereocenters. The van der Waals surface area contributed by atoms with Gasteiger partial charge in [-0.15, -0.1) is 0 Å². The quantitative estimate of drug-likeness (QED) is 0.747. The smallest absolute Gasteiger partial charge is 0.0385 e. The number of hydrogen-bond donors (Lipinski definition) is 2. The van der Waals surface area contributed by atoms with Gasteiger partial charge in [-0.05, 0) is 48.9 Å². The maximum atomic E-state index is 6.19. The third kappa shape index (κ3) is 1.94. The molecule has 0 spiro atoms. The minimum atomic E-state index is 0.921. The Bertz CT molecular complexity index is 368. The van der Waals surface area contributed by atoms with Crippen LogP contribution in [-0.4, -0.2) is 0 Å². The number of hydrogen-bond acceptors (Lipinski definition) is 2. The van der Waals surface area contributed by atoms with Crippen molar-refractivity contribution in [1.82, 2.24) is 0 Å². The Morgan fingerprint density at radius 3 is 1.87 bits per heavy atom. The highest BCUT2D eigenvalue weighted by Crippen LogP contribution is 2.32. The fraction of sp³-hybridized carbons (Fsp3) is 0.538. The van der Waals surface area contributed by atoms with E-state index in [2.05, 4.69) is 27.7 Å². The summed E-state index contributed by atoms with van der Waals surface area (Å²) in [4.78, 5) is 0.